The van der Waals surface area contributed by atoms with Crippen molar-refractivity contribution in [2.75, 3.05) is 5.32 Å². The van der Waals surface area contributed by atoms with Gasteiger partial charge in [0, 0.05) is 37.8 Å². The lowest BCUT2D eigenvalue weighted by Crippen LogP contribution is -2.25. The van der Waals surface area contributed by atoms with Crippen molar-refractivity contribution in [1.29, 1.82) is 0 Å². The molecule has 0 bridgehead atoms. The molecule has 0 aromatic heterocycles. The second-order valence-electron chi connectivity index (χ2n) is 6.40. The maximum Gasteiger partial charge on any atom is 0.255 e. The first kappa shape index (κ1) is 20.8. The van der Waals surface area contributed by atoms with E-state index >= 15 is 0 Å². The zero-order chi connectivity index (χ0) is 19.6. The number of carbonyl (C=O) groups excluding carboxylic acids is 1. The van der Waals surface area contributed by atoms with Gasteiger partial charge in [0.15, 0.2) is 0 Å². The number of nitrogens with one attached hydrogen (secondary N) is 1. The van der Waals surface area contributed by atoms with Crippen molar-refractivity contribution in [3.05, 3.63) is 56.4 Å². The highest BCUT2D eigenvalue weighted by molar-refractivity contribution is 14.1. The molecule has 27 heavy (non-hydrogen) atoms. The van der Waals surface area contributed by atoms with Crippen LogP contribution >= 0.6 is 46.0 Å². The van der Waals surface area contributed by atoms with E-state index in [9.17, 15) is 18.0 Å². The summed E-state index contributed by atoms with van der Waals surface area (Å²) in [7, 11) is 0. The van der Waals surface area contributed by atoms with Crippen LogP contribution in [0.5, 0.6) is 0 Å². The molecule has 0 heterocycles. The Bertz CT molecular complexity index is 855. The Morgan fingerprint density at radius 3 is 2.56 bits per heavy atom. The molecule has 0 saturated heterocycles. The number of hydrogen-bond donors (Lipinski definition) is 1. The summed E-state index contributed by atoms with van der Waals surface area (Å²) in [4.78, 5) is 13.4. The van der Waals surface area contributed by atoms with Crippen molar-refractivity contribution in [1.82, 2.24) is 0 Å². The number of benzene rings is 2. The van der Waals surface area contributed by atoms with E-state index in [1.54, 1.807) is 23.9 Å². The van der Waals surface area contributed by atoms with Gasteiger partial charge in [-0.3, -0.25) is 4.79 Å². The molecule has 1 aliphatic rings. The molecular formula is C19H16ClF3INOS. The molecule has 0 atom stereocenters. The van der Waals surface area contributed by atoms with Gasteiger partial charge in [-0.1, -0.05) is 11.6 Å². The number of hydrogen-bond acceptors (Lipinski definition) is 2. The van der Waals surface area contributed by atoms with Gasteiger partial charge in [-0.25, -0.2) is 13.2 Å². The van der Waals surface area contributed by atoms with Crippen LogP contribution in [0.25, 0.3) is 0 Å². The summed E-state index contributed by atoms with van der Waals surface area (Å²) in [5, 5.41) is 2.74. The predicted molar refractivity (Wildman–Crippen MR) is 112 cm³/mol. The lowest BCUT2D eigenvalue weighted by molar-refractivity contribution is -0.0323. The van der Waals surface area contributed by atoms with Crippen LogP contribution in [0, 0.1) is 9.39 Å². The maximum absolute atomic E-state index is 13.3. The third-order valence-electron chi connectivity index (χ3n) is 4.33. The smallest absolute Gasteiger partial charge is 0.255 e. The Morgan fingerprint density at radius 1 is 1.19 bits per heavy atom. The number of rotatable bonds is 4. The monoisotopic (exact) mass is 525 g/mol. The topological polar surface area (TPSA) is 29.1 Å². The quantitative estimate of drug-likeness (QED) is 0.435. The van der Waals surface area contributed by atoms with Gasteiger partial charge in [-0.2, -0.15) is 0 Å². The van der Waals surface area contributed by atoms with Gasteiger partial charge in [0.25, 0.3) is 5.91 Å². The summed E-state index contributed by atoms with van der Waals surface area (Å²) in [6.45, 7) is 0. The van der Waals surface area contributed by atoms with Crippen molar-refractivity contribution in [3.8, 4) is 0 Å². The number of amides is 1. The summed E-state index contributed by atoms with van der Waals surface area (Å²) in [5.41, 5.74) is 0.841. The highest BCUT2D eigenvalue weighted by atomic mass is 127. The zero-order valence-corrected chi connectivity index (χ0v) is 17.8. The van der Waals surface area contributed by atoms with Crippen molar-refractivity contribution < 1.29 is 18.0 Å². The standard InChI is InChI=1S/C19H16ClF3INOS/c20-14-10-12(2-3-15(14)21)25-18(26)11-1-4-16(24)17(9-11)27-13-5-7-19(22,23)8-6-13/h1-4,9-10,13H,5-8H2,(H,25,26). The van der Waals surface area contributed by atoms with E-state index < -0.39 is 11.7 Å². The minimum absolute atomic E-state index is 0.0687. The largest absolute Gasteiger partial charge is 0.322 e. The van der Waals surface area contributed by atoms with Crippen LogP contribution in [0.4, 0.5) is 18.9 Å². The number of alkyl halides is 2. The first-order chi connectivity index (χ1) is 12.7. The minimum Gasteiger partial charge on any atom is -0.322 e. The van der Waals surface area contributed by atoms with E-state index in [2.05, 4.69) is 27.9 Å². The summed E-state index contributed by atoms with van der Waals surface area (Å²) < 4.78 is 40.9. The molecule has 1 saturated carbocycles. The average Bonchev–Trinajstić information content (AvgIpc) is 2.61. The fourth-order valence-electron chi connectivity index (χ4n) is 2.82. The molecule has 2 nitrogen and oxygen atoms in total. The van der Waals surface area contributed by atoms with Crippen LogP contribution in [0.15, 0.2) is 41.3 Å². The Hall–Kier alpha value is -0.930. The van der Waals surface area contributed by atoms with Crippen LogP contribution in [-0.2, 0) is 0 Å². The predicted octanol–water partition coefficient (Wildman–Crippen LogP) is 7.01. The number of carbonyl (C=O) groups is 1. The molecular weight excluding hydrogens is 510 g/mol. The van der Waals surface area contributed by atoms with Crippen LogP contribution in [0.3, 0.4) is 0 Å². The molecule has 3 rings (SSSR count). The minimum atomic E-state index is -2.55. The van der Waals surface area contributed by atoms with Gasteiger partial charge >= 0.3 is 0 Å². The van der Waals surface area contributed by atoms with Crippen molar-refractivity contribution >= 4 is 57.5 Å². The van der Waals surface area contributed by atoms with E-state index in [0.29, 0.717) is 24.1 Å². The maximum atomic E-state index is 13.3. The van der Waals surface area contributed by atoms with Gasteiger partial charge in [-0.15, -0.1) is 11.8 Å². The van der Waals surface area contributed by atoms with E-state index in [1.807, 2.05) is 6.07 Å². The van der Waals surface area contributed by atoms with Gasteiger partial charge in [0.1, 0.15) is 5.82 Å². The van der Waals surface area contributed by atoms with Crippen molar-refractivity contribution in [2.45, 2.75) is 41.8 Å². The van der Waals surface area contributed by atoms with Crippen molar-refractivity contribution in [3.63, 3.8) is 0 Å². The summed E-state index contributed by atoms with van der Waals surface area (Å²) in [5.74, 6) is -3.45. The van der Waals surface area contributed by atoms with Gasteiger partial charge < -0.3 is 5.32 Å². The number of anilines is 1. The van der Waals surface area contributed by atoms with Crippen LogP contribution < -0.4 is 5.32 Å². The lowest BCUT2D eigenvalue weighted by atomic mass is 9.96. The Labute approximate surface area is 178 Å². The molecule has 0 unspecified atom stereocenters. The van der Waals surface area contributed by atoms with Gasteiger partial charge in [0.2, 0.25) is 5.92 Å². The fourth-order valence-corrected chi connectivity index (χ4v) is 4.93. The number of halogens is 5. The molecule has 2 aromatic rings. The Kier molecular flexibility index (Phi) is 6.63. The Balaban J connectivity index is 1.70. The van der Waals surface area contributed by atoms with Crippen molar-refractivity contribution in [2.24, 2.45) is 0 Å². The van der Waals surface area contributed by atoms with E-state index in [-0.39, 0.29) is 29.0 Å². The second-order valence-corrected chi connectivity index (χ2v) is 9.31. The number of thioether (sulfide) groups is 1. The normalized spacial score (nSPS) is 16.9. The third kappa shape index (κ3) is 5.54. The van der Waals surface area contributed by atoms with Gasteiger partial charge in [-0.05, 0) is 71.8 Å². The van der Waals surface area contributed by atoms with Gasteiger partial charge in [0.05, 0.1) is 5.02 Å². The zero-order valence-electron chi connectivity index (χ0n) is 14.1. The van der Waals surface area contributed by atoms with Crippen LogP contribution in [0.2, 0.25) is 5.02 Å². The van der Waals surface area contributed by atoms with E-state index in [0.717, 1.165) is 8.47 Å². The lowest BCUT2D eigenvalue weighted by Gasteiger charge is -2.28. The molecule has 0 spiro atoms. The molecule has 1 fully saturated rings. The fraction of sp³-hybridized carbons (Fsp3) is 0.316. The Morgan fingerprint density at radius 2 is 1.89 bits per heavy atom. The molecule has 2 aromatic carbocycles. The average molecular weight is 526 g/mol. The summed E-state index contributed by atoms with van der Waals surface area (Å²) in [6, 6.07) is 9.25. The third-order valence-corrected chi connectivity index (χ3v) is 7.32. The molecule has 144 valence electrons. The first-order valence-corrected chi connectivity index (χ1v) is 10.7. The molecule has 1 amide bonds. The molecule has 1 aliphatic carbocycles. The highest BCUT2D eigenvalue weighted by Gasteiger charge is 2.35. The molecule has 1 N–H and O–H groups in total. The molecule has 0 radical (unpaired) electrons. The van der Waals surface area contributed by atoms with E-state index in [4.69, 9.17) is 11.6 Å². The SMILES string of the molecule is O=C(Nc1ccc(F)c(Cl)c1)c1ccc(I)c(SC2CCC(F)(F)CC2)c1. The van der Waals surface area contributed by atoms with Crippen LogP contribution in [0.1, 0.15) is 36.0 Å². The second kappa shape index (κ2) is 8.61. The van der Waals surface area contributed by atoms with Crippen LogP contribution in [-0.4, -0.2) is 17.1 Å². The highest BCUT2D eigenvalue weighted by Crippen LogP contribution is 2.41. The first-order valence-electron chi connectivity index (χ1n) is 8.34. The summed E-state index contributed by atoms with van der Waals surface area (Å²) >= 11 is 9.45. The summed E-state index contributed by atoms with van der Waals surface area (Å²) in [6.07, 6.45) is 0.732. The molecule has 8 heteroatoms. The molecule has 0 aliphatic heterocycles. The van der Waals surface area contributed by atoms with E-state index in [1.165, 1.54) is 18.2 Å².